The summed E-state index contributed by atoms with van der Waals surface area (Å²) in [5.41, 5.74) is 0.0948. The van der Waals surface area contributed by atoms with E-state index in [1.165, 1.54) is 17.0 Å². The molecule has 0 radical (unpaired) electrons. The lowest BCUT2D eigenvalue weighted by Crippen LogP contribution is -2.63. The molecule has 0 aliphatic carbocycles. The van der Waals surface area contributed by atoms with Crippen molar-refractivity contribution in [3.63, 3.8) is 0 Å². The van der Waals surface area contributed by atoms with Crippen LogP contribution < -0.4 is 5.32 Å². The maximum Gasteiger partial charge on any atom is 0.249 e. The summed E-state index contributed by atoms with van der Waals surface area (Å²) >= 11 is 0. The number of benzene rings is 1. The van der Waals surface area contributed by atoms with Gasteiger partial charge in [-0.3, -0.25) is 19.8 Å². The van der Waals surface area contributed by atoms with Crippen LogP contribution in [0.2, 0.25) is 0 Å². The number of imide groups is 1. The zero-order valence-corrected chi connectivity index (χ0v) is 10.4. The molecule has 5 heteroatoms. The maximum absolute atomic E-state index is 12.1. The SMILES string of the molecule is CC1(C)NCC(=O)N(Cc2ccc(O)cc2)C1=O. The third-order valence-corrected chi connectivity index (χ3v) is 3.04. The monoisotopic (exact) mass is 248 g/mol. The summed E-state index contributed by atoms with van der Waals surface area (Å²) in [6.07, 6.45) is 0. The molecule has 0 bridgehead atoms. The molecule has 2 N–H and O–H groups in total. The fraction of sp³-hybridized carbons (Fsp3) is 0.385. The van der Waals surface area contributed by atoms with Gasteiger partial charge in [-0.15, -0.1) is 0 Å². The zero-order valence-electron chi connectivity index (χ0n) is 10.4. The summed E-state index contributed by atoms with van der Waals surface area (Å²) in [6, 6.07) is 6.48. The molecule has 2 amide bonds. The summed E-state index contributed by atoms with van der Waals surface area (Å²) in [5.74, 6) is -0.295. The van der Waals surface area contributed by atoms with Crippen LogP contribution in [0.5, 0.6) is 5.75 Å². The van der Waals surface area contributed by atoms with Crippen LogP contribution in [0.1, 0.15) is 19.4 Å². The van der Waals surface area contributed by atoms with Crippen LogP contribution in [0.3, 0.4) is 0 Å². The Labute approximate surface area is 105 Å². The van der Waals surface area contributed by atoms with Gasteiger partial charge in [0, 0.05) is 0 Å². The van der Waals surface area contributed by atoms with Crippen molar-refractivity contribution in [1.82, 2.24) is 10.2 Å². The van der Waals surface area contributed by atoms with Crippen molar-refractivity contribution in [3.8, 4) is 5.75 Å². The number of carbonyl (C=O) groups excluding carboxylic acids is 2. The van der Waals surface area contributed by atoms with Gasteiger partial charge >= 0.3 is 0 Å². The third kappa shape index (κ3) is 2.36. The van der Waals surface area contributed by atoms with Crippen molar-refractivity contribution >= 4 is 11.8 Å². The van der Waals surface area contributed by atoms with Gasteiger partial charge in [-0.05, 0) is 31.5 Å². The van der Waals surface area contributed by atoms with Crippen LogP contribution in [-0.4, -0.2) is 33.9 Å². The van der Waals surface area contributed by atoms with Crippen LogP contribution in [0.4, 0.5) is 0 Å². The minimum Gasteiger partial charge on any atom is -0.508 e. The normalized spacial score (nSPS) is 19.1. The summed E-state index contributed by atoms with van der Waals surface area (Å²) in [6.45, 7) is 3.91. The van der Waals surface area contributed by atoms with E-state index in [0.717, 1.165) is 5.56 Å². The number of aromatic hydroxyl groups is 1. The lowest BCUT2D eigenvalue weighted by molar-refractivity contribution is -0.153. The van der Waals surface area contributed by atoms with Gasteiger partial charge in [-0.1, -0.05) is 12.1 Å². The van der Waals surface area contributed by atoms with E-state index in [1.54, 1.807) is 26.0 Å². The Morgan fingerprint density at radius 1 is 1.28 bits per heavy atom. The highest BCUT2D eigenvalue weighted by Crippen LogP contribution is 2.17. The number of rotatable bonds is 2. The van der Waals surface area contributed by atoms with E-state index in [4.69, 9.17) is 0 Å². The number of carbonyl (C=O) groups is 2. The van der Waals surface area contributed by atoms with Gasteiger partial charge in [0.15, 0.2) is 0 Å². The molecule has 1 aliphatic heterocycles. The lowest BCUT2D eigenvalue weighted by atomic mass is 10.00. The zero-order chi connectivity index (χ0) is 13.3. The van der Waals surface area contributed by atoms with E-state index >= 15 is 0 Å². The molecule has 18 heavy (non-hydrogen) atoms. The summed E-state index contributed by atoms with van der Waals surface area (Å²) < 4.78 is 0. The number of amides is 2. The van der Waals surface area contributed by atoms with Crippen molar-refractivity contribution in [1.29, 1.82) is 0 Å². The van der Waals surface area contributed by atoms with Gasteiger partial charge in [0.1, 0.15) is 5.75 Å². The molecule has 1 fully saturated rings. The molecule has 0 spiro atoms. The molecule has 1 saturated heterocycles. The number of nitrogens with one attached hydrogen (secondary N) is 1. The average Bonchev–Trinajstić information content (AvgIpc) is 2.33. The molecular weight excluding hydrogens is 232 g/mol. The van der Waals surface area contributed by atoms with Crippen molar-refractivity contribution < 1.29 is 14.7 Å². The molecule has 0 saturated carbocycles. The molecule has 0 unspecified atom stereocenters. The van der Waals surface area contributed by atoms with E-state index in [0.29, 0.717) is 0 Å². The largest absolute Gasteiger partial charge is 0.508 e. The molecule has 1 aromatic rings. The van der Waals surface area contributed by atoms with Crippen LogP contribution in [-0.2, 0) is 16.1 Å². The summed E-state index contributed by atoms with van der Waals surface area (Å²) in [5, 5.41) is 12.1. The Kier molecular flexibility index (Phi) is 3.09. The quantitative estimate of drug-likeness (QED) is 0.753. The highest BCUT2D eigenvalue weighted by atomic mass is 16.3. The Balaban J connectivity index is 2.18. The Morgan fingerprint density at radius 3 is 2.50 bits per heavy atom. The standard InChI is InChI=1S/C13H16N2O3/c1-13(2)12(18)15(11(17)7-14-13)8-9-3-5-10(16)6-4-9/h3-6,14,16H,7-8H2,1-2H3. The van der Waals surface area contributed by atoms with Gasteiger partial charge in [-0.2, -0.15) is 0 Å². The molecule has 96 valence electrons. The Morgan fingerprint density at radius 2 is 1.89 bits per heavy atom. The van der Waals surface area contributed by atoms with Crippen molar-refractivity contribution in [2.45, 2.75) is 25.9 Å². The summed E-state index contributed by atoms with van der Waals surface area (Å²) in [7, 11) is 0. The maximum atomic E-state index is 12.1. The minimum atomic E-state index is -0.717. The third-order valence-electron chi connectivity index (χ3n) is 3.04. The lowest BCUT2D eigenvalue weighted by Gasteiger charge is -2.36. The van der Waals surface area contributed by atoms with E-state index in [-0.39, 0.29) is 30.7 Å². The van der Waals surface area contributed by atoms with Gasteiger partial charge in [0.05, 0.1) is 18.6 Å². The predicted octanol–water partition coefficient (Wildman–Crippen LogP) is 0.629. The number of phenols is 1. The first kappa shape index (κ1) is 12.6. The van der Waals surface area contributed by atoms with Gasteiger partial charge < -0.3 is 5.11 Å². The fourth-order valence-corrected chi connectivity index (χ4v) is 1.86. The van der Waals surface area contributed by atoms with E-state index in [1.807, 2.05) is 0 Å². The highest BCUT2D eigenvalue weighted by Gasteiger charge is 2.39. The molecular formula is C13H16N2O3. The molecule has 1 aromatic carbocycles. The molecule has 0 aromatic heterocycles. The number of hydrogen-bond acceptors (Lipinski definition) is 4. The van der Waals surface area contributed by atoms with Crippen LogP contribution in [0, 0.1) is 0 Å². The van der Waals surface area contributed by atoms with E-state index in [2.05, 4.69) is 5.32 Å². The number of piperazine rings is 1. The van der Waals surface area contributed by atoms with Crippen molar-refractivity contribution in [3.05, 3.63) is 29.8 Å². The fourth-order valence-electron chi connectivity index (χ4n) is 1.86. The van der Waals surface area contributed by atoms with Crippen LogP contribution >= 0.6 is 0 Å². The summed E-state index contributed by atoms with van der Waals surface area (Å²) in [4.78, 5) is 25.1. The number of hydrogen-bond donors (Lipinski definition) is 2. The second-order valence-electron chi connectivity index (χ2n) is 4.93. The van der Waals surface area contributed by atoms with Crippen molar-refractivity contribution in [2.75, 3.05) is 6.54 Å². The van der Waals surface area contributed by atoms with E-state index in [9.17, 15) is 14.7 Å². The Hall–Kier alpha value is -1.88. The van der Waals surface area contributed by atoms with Gasteiger partial charge in [0.25, 0.3) is 0 Å². The number of nitrogens with zero attached hydrogens (tertiary/aromatic N) is 1. The average molecular weight is 248 g/mol. The number of phenolic OH excluding ortho intramolecular Hbond substituents is 1. The topological polar surface area (TPSA) is 69.6 Å². The molecule has 5 nitrogen and oxygen atoms in total. The second kappa shape index (κ2) is 4.42. The highest BCUT2D eigenvalue weighted by molar-refractivity contribution is 6.02. The molecule has 0 atom stereocenters. The molecule has 1 heterocycles. The molecule has 2 rings (SSSR count). The van der Waals surface area contributed by atoms with E-state index < -0.39 is 5.54 Å². The first-order valence-electron chi connectivity index (χ1n) is 5.78. The second-order valence-corrected chi connectivity index (χ2v) is 4.93. The van der Waals surface area contributed by atoms with Gasteiger partial charge in [-0.25, -0.2) is 0 Å². The first-order valence-corrected chi connectivity index (χ1v) is 5.78. The molecule has 1 aliphatic rings. The van der Waals surface area contributed by atoms with Crippen molar-refractivity contribution in [2.24, 2.45) is 0 Å². The predicted molar refractivity (Wildman–Crippen MR) is 65.7 cm³/mol. The first-order chi connectivity index (χ1) is 8.40. The van der Waals surface area contributed by atoms with Crippen LogP contribution in [0.25, 0.3) is 0 Å². The Bertz CT molecular complexity index is 480. The minimum absolute atomic E-state index is 0.164. The van der Waals surface area contributed by atoms with Gasteiger partial charge in [0.2, 0.25) is 11.8 Å². The van der Waals surface area contributed by atoms with Crippen LogP contribution in [0.15, 0.2) is 24.3 Å². The smallest absolute Gasteiger partial charge is 0.249 e.